The van der Waals surface area contributed by atoms with Crippen LogP contribution in [0.3, 0.4) is 0 Å². The number of esters is 1. The molecule has 3 rings (SSSR count). The monoisotopic (exact) mass is 437 g/mol. The summed E-state index contributed by atoms with van der Waals surface area (Å²) < 4.78 is 33.2. The van der Waals surface area contributed by atoms with Crippen LogP contribution in [-0.2, 0) is 44.6 Å². The molecule has 9 nitrogen and oxygen atoms in total. The highest BCUT2D eigenvalue weighted by molar-refractivity contribution is 5.89. The van der Waals surface area contributed by atoms with E-state index in [2.05, 4.69) is 0 Å². The zero-order valence-corrected chi connectivity index (χ0v) is 18.6. The SMILES string of the molecule is COC(=O)[C@@H]1OC(C)(C)O[C@H]1C(=O)N1C[C@H](OCc2ccccc2)C[C@H]1C(OC)OC. The molecular weight excluding hydrogens is 406 g/mol. The Balaban J connectivity index is 1.76. The first kappa shape index (κ1) is 23.6. The van der Waals surface area contributed by atoms with Gasteiger partial charge in [-0.15, -0.1) is 0 Å². The first-order valence-electron chi connectivity index (χ1n) is 10.2. The summed E-state index contributed by atoms with van der Waals surface area (Å²) in [5.74, 6) is -2.15. The lowest BCUT2D eigenvalue weighted by Crippen LogP contribution is -2.51. The van der Waals surface area contributed by atoms with Crippen LogP contribution in [0.2, 0.25) is 0 Å². The van der Waals surface area contributed by atoms with Gasteiger partial charge < -0.3 is 33.3 Å². The summed E-state index contributed by atoms with van der Waals surface area (Å²) in [5.41, 5.74) is 1.04. The normalized spacial score (nSPS) is 27.6. The fourth-order valence-corrected chi connectivity index (χ4v) is 4.05. The van der Waals surface area contributed by atoms with Crippen LogP contribution < -0.4 is 0 Å². The van der Waals surface area contributed by atoms with Crippen molar-refractivity contribution in [2.75, 3.05) is 27.9 Å². The van der Waals surface area contributed by atoms with E-state index in [4.69, 9.17) is 28.4 Å². The Morgan fingerprint density at radius 2 is 1.74 bits per heavy atom. The topological polar surface area (TPSA) is 92.8 Å². The minimum atomic E-state index is -1.15. The Hall–Kier alpha value is -2.04. The highest BCUT2D eigenvalue weighted by atomic mass is 16.8. The van der Waals surface area contributed by atoms with Crippen molar-refractivity contribution in [3.8, 4) is 0 Å². The summed E-state index contributed by atoms with van der Waals surface area (Å²) in [7, 11) is 4.28. The number of carbonyl (C=O) groups excluding carboxylic acids is 2. The van der Waals surface area contributed by atoms with Gasteiger partial charge in [0.1, 0.15) is 0 Å². The Morgan fingerprint density at radius 3 is 2.35 bits per heavy atom. The van der Waals surface area contributed by atoms with Crippen molar-refractivity contribution in [2.45, 2.75) is 63.3 Å². The molecule has 172 valence electrons. The number of amides is 1. The predicted octanol–water partition coefficient (Wildman–Crippen LogP) is 1.48. The molecule has 1 aromatic carbocycles. The van der Waals surface area contributed by atoms with Gasteiger partial charge in [-0.25, -0.2) is 4.79 Å². The molecule has 0 unspecified atom stereocenters. The van der Waals surface area contributed by atoms with Crippen LogP contribution in [0.25, 0.3) is 0 Å². The lowest BCUT2D eigenvalue weighted by Gasteiger charge is -2.31. The van der Waals surface area contributed by atoms with Crippen molar-refractivity contribution in [3.63, 3.8) is 0 Å². The molecule has 0 spiro atoms. The average molecular weight is 437 g/mol. The molecule has 2 aliphatic heterocycles. The van der Waals surface area contributed by atoms with Gasteiger partial charge in [0.15, 0.2) is 24.3 Å². The molecule has 0 saturated carbocycles. The molecule has 9 heteroatoms. The molecule has 1 amide bonds. The standard InChI is InChI=1S/C22H31NO8/c1-22(2)30-17(18(31-22)20(25)26-3)19(24)23-12-15(11-16(23)21(27-4)28-5)29-13-14-9-7-6-8-10-14/h6-10,15-18,21H,11-13H2,1-5H3/t15-,16+,17-,18-/m1/s1. The van der Waals surface area contributed by atoms with E-state index in [1.54, 1.807) is 18.7 Å². The van der Waals surface area contributed by atoms with E-state index in [1.807, 2.05) is 30.3 Å². The van der Waals surface area contributed by atoms with Crippen LogP contribution >= 0.6 is 0 Å². The maximum absolute atomic E-state index is 13.5. The highest BCUT2D eigenvalue weighted by Crippen LogP contribution is 2.33. The number of benzene rings is 1. The van der Waals surface area contributed by atoms with Crippen LogP contribution in [0.4, 0.5) is 0 Å². The van der Waals surface area contributed by atoms with Crippen LogP contribution in [-0.4, -0.2) is 81.1 Å². The van der Waals surface area contributed by atoms with Crippen molar-refractivity contribution in [2.24, 2.45) is 0 Å². The maximum Gasteiger partial charge on any atom is 0.338 e. The quantitative estimate of drug-likeness (QED) is 0.446. The van der Waals surface area contributed by atoms with E-state index in [0.29, 0.717) is 19.6 Å². The van der Waals surface area contributed by atoms with E-state index < -0.39 is 42.2 Å². The largest absolute Gasteiger partial charge is 0.467 e. The first-order chi connectivity index (χ1) is 14.8. The van der Waals surface area contributed by atoms with E-state index in [1.165, 1.54) is 21.3 Å². The van der Waals surface area contributed by atoms with Crippen LogP contribution in [0.5, 0.6) is 0 Å². The smallest absolute Gasteiger partial charge is 0.338 e. The van der Waals surface area contributed by atoms with Crippen LogP contribution in [0.1, 0.15) is 25.8 Å². The Morgan fingerprint density at radius 1 is 1.10 bits per heavy atom. The predicted molar refractivity (Wildman–Crippen MR) is 109 cm³/mol. The van der Waals surface area contributed by atoms with Crippen LogP contribution in [0, 0.1) is 0 Å². The number of rotatable bonds is 8. The highest BCUT2D eigenvalue weighted by Gasteiger charge is 2.53. The summed E-state index contributed by atoms with van der Waals surface area (Å²) >= 11 is 0. The van der Waals surface area contributed by atoms with Gasteiger partial charge in [0, 0.05) is 27.2 Å². The number of carbonyl (C=O) groups is 2. The fraction of sp³-hybridized carbons (Fsp3) is 0.636. The van der Waals surface area contributed by atoms with E-state index in [-0.39, 0.29) is 6.10 Å². The molecule has 0 N–H and O–H groups in total. The van der Waals surface area contributed by atoms with E-state index in [0.717, 1.165) is 5.56 Å². The minimum Gasteiger partial charge on any atom is -0.467 e. The maximum atomic E-state index is 13.5. The van der Waals surface area contributed by atoms with Crippen molar-refractivity contribution in [3.05, 3.63) is 35.9 Å². The first-order valence-corrected chi connectivity index (χ1v) is 10.2. The third-order valence-corrected chi connectivity index (χ3v) is 5.47. The van der Waals surface area contributed by atoms with Gasteiger partial charge in [-0.1, -0.05) is 30.3 Å². The van der Waals surface area contributed by atoms with Gasteiger partial charge in [0.05, 0.1) is 25.9 Å². The minimum absolute atomic E-state index is 0.228. The van der Waals surface area contributed by atoms with E-state index in [9.17, 15) is 9.59 Å². The molecule has 1 aromatic rings. The number of likely N-dealkylation sites (tertiary alicyclic amines) is 1. The number of ether oxygens (including phenoxy) is 6. The van der Waals surface area contributed by atoms with Crippen molar-refractivity contribution in [1.29, 1.82) is 0 Å². The summed E-state index contributed by atoms with van der Waals surface area (Å²) in [6.07, 6.45) is -2.65. The molecule has 2 saturated heterocycles. The van der Waals surface area contributed by atoms with Gasteiger partial charge in [0.2, 0.25) is 0 Å². The van der Waals surface area contributed by atoms with Gasteiger partial charge in [-0.2, -0.15) is 0 Å². The van der Waals surface area contributed by atoms with Crippen molar-refractivity contribution < 1.29 is 38.0 Å². The van der Waals surface area contributed by atoms with Gasteiger partial charge >= 0.3 is 5.97 Å². The Bertz CT molecular complexity index is 751. The van der Waals surface area contributed by atoms with Gasteiger partial charge in [-0.05, 0) is 19.4 Å². The molecule has 2 aliphatic rings. The lowest BCUT2D eigenvalue weighted by atomic mass is 10.1. The Kier molecular flexibility index (Phi) is 7.66. The summed E-state index contributed by atoms with van der Waals surface area (Å²) in [6, 6.07) is 9.40. The second kappa shape index (κ2) is 10.1. The van der Waals surface area contributed by atoms with Crippen molar-refractivity contribution >= 4 is 11.9 Å². The lowest BCUT2D eigenvalue weighted by molar-refractivity contribution is -0.174. The third kappa shape index (κ3) is 5.42. The van der Waals surface area contributed by atoms with Gasteiger partial charge in [0.25, 0.3) is 5.91 Å². The number of hydrogen-bond donors (Lipinski definition) is 0. The second-order valence-corrected chi connectivity index (χ2v) is 8.05. The van der Waals surface area contributed by atoms with E-state index >= 15 is 0 Å². The Labute approximate surface area is 182 Å². The summed E-state index contributed by atoms with van der Waals surface area (Å²) in [6.45, 7) is 4.03. The average Bonchev–Trinajstić information content (AvgIpc) is 3.33. The summed E-state index contributed by atoms with van der Waals surface area (Å²) in [5, 5.41) is 0. The van der Waals surface area contributed by atoms with Crippen molar-refractivity contribution in [1.82, 2.24) is 4.90 Å². The number of nitrogens with zero attached hydrogens (tertiary/aromatic N) is 1. The molecule has 0 radical (unpaired) electrons. The molecular formula is C22H31NO8. The zero-order chi connectivity index (χ0) is 22.6. The zero-order valence-electron chi connectivity index (χ0n) is 18.6. The van der Waals surface area contributed by atoms with Gasteiger partial charge in [-0.3, -0.25) is 4.79 Å². The molecule has 2 fully saturated rings. The molecule has 2 heterocycles. The molecule has 0 bridgehead atoms. The molecule has 0 aromatic heterocycles. The number of hydrogen-bond acceptors (Lipinski definition) is 8. The molecule has 4 atom stereocenters. The summed E-state index contributed by atoms with van der Waals surface area (Å²) in [4.78, 5) is 27.3. The second-order valence-electron chi connectivity index (χ2n) is 8.05. The molecule has 0 aliphatic carbocycles. The molecule has 31 heavy (non-hydrogen) atoms. The third-order valence-electron chi connectivity index (χ3n) is 5.47. The van der Waals surface area contributed by atoms with Crippen LogP contribution in [0.15, 0.2) is 30.3 Å². The fourth-order valence-electron chi connectivity index (χ4n) is 4.05. The number of methoxy groups -OCH3 is 3.